The number of anilines is 2. The molecule has 0 spiro atoms. The van der Waals surface area contributed by atoms with Crippen LogP contribution < -0.4 is 21.7 Å². The van der Waals surface area contributed by atoms with Crippen molar-refractivity contribution in [3.63, 3.8) is 0 Å². The molecule has 1 aromatic carbocycles. The van der Waals surface area contributed by atoms with Crippen LogP contribution in [-0.2, 0) is 4.79 Å². The molecule has 10 heteroatoms. The molecule has 0 fully saturated rings. The van der Waals surface area contributed by atoms with Gasteiger partial charge in [-0.2, -0.15) is 4.37 Å². The van der Waals surface area contributed by atoms with Crippen molar-refractivity contribution in [3.8, 4) is 0 Å². The average molecular weight is 484 g/mol. The van der Waals surface area contributed by atoms with Gasteiger partial charge in [0.15, 0.2) is 11.7 Å². The monoisotopic (exact) mass is 483 g/mol. The Balaban J connectivity index is 2.21. The second-order valence-electron chi connectivity index (χ2n) is 8.73. The van der Waals surface area contributed by atoms with Gasteiger partial charge in [-0.05, 0) is 75.5 Å². The standard InChI is InChI=1S/C24H29N5O4S/c1-6-24(4,5)27-22(31)19(16-11-10-14(3)33-16)29(15-9-7-8-13(2)12-15)23(32)20-17(25)18(21(26)30)28-34-20/h7-12,19H,6,25H2,1-5H3,(H2,26,30)(H,27,31)/t19-/m0/s1. The molecular weight excluding hydrogens is 454 g/mol. The predicted molar refractivity (Wildman–Crippen MR) is 132 cm³/mol. The van der Waals surface area contributed by atoms with Crippen LogP contribution in [-0.4, -0.2) is 27.6 Å². The van der Waals surface area contributed by atoms with Gasteiger partial charge in [0.1, 0.15) is 16.4 Å². The van der Waals surface area contributed by atoms with E-state index in [0.29, 0.717) is 17.9 Å². The molecule has 34 heavy (non-hydrogen) atoms. The van der Waals surface area contributed by atoms with Gasteiger partial charge in [-0.1, -0.05) is 19.1 Å². The van der Waals surface area contributed by atoms with E-state index in [1.807, 2.05) is 33.8 Å². The molecule has 3 aromatic rings. The van der Waals surface area contributed by atoms with Gasteiger partial charge in [0.25, 0.3) is 17.7 Å². The van der Waals surface area contributed by atoms with Crippen molar-refractivity contribution in [2.75, 3.05) is 10.6 Å². The van der Waals surface area contributed by atoms with Crippen LogP contribution in [0.3, 0.4) is 0 Å². The largest absolute Gasteiger partial charge is 0.464 e. The summed E-state index contributed by atoms with van der Waals surface area (Å²) in [4.78, 5) is 40.6. The third-order valence-electron chi connectivity index (χ3n) is 5.54. The summed E-state index contributed by atoms with van der Waals surface area (Å²) < 4.78 is 9.79. The van der Waals surface area contributed by atoms with E-state index < -0.39 is 29.3 Å². The number of benzene rings is 1. The molecule has 0 unspecified atom stereocenters. The van der Waals surface area contributed by atoms with E-state index in [1.54, 1.807) is 37.3 Å². The maximum Gasteiger partial charge on any atom is 0.273 e. The summed E-state index contributed by atoms with van der Waals surface area (Å²) in [6, 6.07) is 9.42. The molecule has 0 saturated carbocycles. The minimum Gasteiger partial charge on any atom is -0.464 e. The number of hydrogen-bond donors (Lipinski definition) is 3. The van der Waals surface area contributed by atoms with E-state index in [0.717, 1.165) is 17.1 Å². The zero-order valence-corrected chi connectivity index (χ0v) is 20.7. The fourth-order valence-corrected chi connectivity index (χ4v) is 4.11. The van der Waals surface area contributed by atoms with E-state index in [-0.39, 0.29) is 22.0 Å². The number of primary amides is 1. The van der Waals surface area contributed by atoms with Crippen molar-refractivity contribution in [2.45, 2.75) is 52.6 Å². The van der Waals surface area contributed by atoms with E-state index in [9.17, 15) is 14.4 Å². The number of aromatic nitrogens is 1. The van der Waals surface area contributed by atoms with Crippen LogP contribution in [0, 0.1) is 13.8 Å². The van der Waals surface area contributed by atoms with Crippen LogP contribution in [0.25, 0.3) is 0 Å². The minimum absolute atomic E-state index is 0.00568. The molecule has 0 radical (unpaired) electrons. The number of carbonyl (C=O) groups is 3. The maximum atomic E-state index is 13.9. The molecular formula is C24H29N5O4S. The van der Waals surface area contributed by atoms with E-state index >= 15 is 0 Å². The van der Waals surface area contributed by atoms with Gasteiger partial charge in [0, 0.05) is 11.2 Å². The molecule has 0 aliphatic carbocycles. The van der Waals surface area contributed by atoms with Crippen molar-refractivity contribution < 1.29 is 18.8 Å². The second-order valence-corrected chi connectivity index (χ2v) is 9.50. The van der Waals surface area contributed by atoms with Gasteiger partial charge >= 0.3 is 0 Å². The van der Waals surface area contributed by atoms with E-state index in [2.05, 4.69) is 9.69 Å². The van der Waals surface area contributed by atoms with Gasteiger partial charge in [0.2, 0.25) is 0 Å². The third kappa shape index (κ3) is 5.12. The smallest absolute Gasteiger partial charge is 0.273 e. The Morgan fingerprint density at radius 1 is 1.21 bits per heavy atom. The lowest BCUT2D eigenvalue weighted by Gasteiger charge is -2.33. The number of rotatable bonds is 8. The first-order valence-electron chi connectivity index (χ1n) is 10.8. The highest BCUT2D eigenvalue weighted by Crippen LogP contribution is 2.34. The number of nitrogens with two attached hydrogens (primary N) is 2. The van der Waals surface area contributed by atoms with Crippen molar-refractivity contribution in [1.29, 1.82) is 0 Å². The van der Waals surface area contributed by atoms with Crippen LogP contribution in [0.5, 0.6) is 0 Å². The van der Waals surface area contributed by atoms with Crippen LogP contribution in [0.15, 0.2) is 40.8 Å². The SMILES string of the molecule is CCC(C)(C)NC(=O)[C@H](c1ccc(C)o1)N(C(=O)c1snc(C(N)=O)c1N)c1cccc(C)c1. The summed E-state index contributed by atoms with van der Waals surface area (Å²) in [6.07, 6.45) is 0.671. The Bertz CT molecular complexity index is 1230. The molecule has 3 rings (SSSR count). The molecule has 0 aliphatic rings. The number of aryl methyl sites for hydroxylation is 2. The Labute approximate surface area is 202 Å². The number of nitrogens with zero attached hydrogens (tertiary/aromatic N) is 2. The highest BCUT2D eigenvalue weighted by atomic mass is 32.1. The maximum absolute atomic E-state index is 13.9. The number of amides is 3. The number of carbonyl (C=O) groups excluding carboxylic acids is 3. The summed E-state index contributed by atoms with van der Waals surface area (Å²) in [5.74, 6) is -0.982. The van der Waals surface area contributed by atoms with Gasteiger partial charge in [-0.15, -0.1) is 0 Å². The van der Waals surface area contributed by atoms with Gasteiger partial charge < -0.3 is 21.2 Å². The van der Waals surface area contributed by atoms with Crippen molar-refractivity contribution in [3.05, 3.63) is 64.1 Å². The lowest BCUT2D eigenvalue weighted by atomic mass is 10.00. The fourth-order valence-electron chi connectivity index (χ4n) is 3.36. The normalized spacial score (nSPS) is 12.3. The summed E-state index contributed by atoms with van der Waals surface area (Å²) in [5.41, 5.74) is 11.9. The number of nitrogens with one attached hydrogen (secondary N) is 1. The minimum atomic E-state index is -1.15. The Hall–Kier alpha value is -3.66. The number of furan rings is 1. The topological polar surface area (TPSA) is 145 Å². The Morgan fingerprint density at radius 2 is 1.91 bits per heavy atom. The quantitative estimate of drug-likeness (QED) is 0.445. The van der Waals surface area contributed by atoms with Crippen molar-refractivity contribution in [2.24, 2.45) is 5.73 Å². The molecule has 0 aliphatic heterocycles. The predicted octanol–water partition coefficient (Wildman–Crippen LogP) is 3.73. The van der Waals surface area contributed by atoms with E-state index in [1.165, 1.54) is 4.90 Å². The number of hydrogen-bond acceptors (Lipinski definition) is 7. The summed E-state index contributed by atoms with van der Waals surface area (Å²) in [7, 11) is 0. The fraction of sp³-hybridized carbons (Fsp3) is 0.333. The highest BCUT2D eigenvalue weighted by molar-refractivity contribution is 7.09. The lowest BCUT2D eigenvalue weighted by Crippen LogP contribution is -2.50. The molecule has 3 amide bonds. The summed E-state index contributed by atoms with van der Waals surface area (Å²) in [5, 5.41) is 3.01. The Kier molecular flexibility index (Phi) is 7.11. The second kappa shape index (κ2) is 9.68. The van der Waals surface area contributed by atoms with Crippen LogP contribution >= 0.6 is 11.5 Å². The molecule has 0 saturated heterocycles. The van der Waals surface area contributed by atoms with Crippen LogP contribution in [0.1, 0.15) is 70.5 Å². The van der Waals surface area contributed by atoms with Crippen LogP contribution in [0.2, 0.25) is 0 Å². The van der Waals surface area contributed by atoms with Crippen LogP contribution in [0.4, 0.5) is 11.4 Å². The average Bonchev–Trinajstić information content (AvgIpc) is 3.36. The molecule has 1 atom stereocenters. The van der Waals surface area contributed by atoms with E-state index in [4.69, 9.17) is 15.9 Å². The first-order chi connectivity index (χ1) is 15.9. The molecule has 0 bridgehead atoms. The molecule has 180 valence electrons. The molecule has 9 nitrogen and oxygen atoms in total. The number of nitrogen functional groups attached to an aromatic ring is 1. The lowest BCUT2D eigenvalue weighted by molar-refractivity contribution is -0.124. The molecule has 2 heterocycles. The Morgan fingerprint density at radius 3 is 2.44 bits per heavy atom. The highest BCUT2D eigenvalue weighted by Gasteiger charge is 2.39. The molecule has 2 aromatic heterocycles. The third-order valence-corrected chi connectivity index (χ3v) is 6.39. The van der Waals surface area contributed by atoms with Gasteiger partial charge in [-0.3, -0.25) is 19.3 Å². The first-order valence-corrected chi connectivity index (χ1v) is 11.6. The zero-order chi connectivity index (χ0) is 25.2. The first kappa shape index (κ1) is 25.0. The van der Waals surface area contributed by atoms with Gasteiger partial charge in [-0.25, -0.2) is 0 Å². The van der Waals surface area contributed by atoms with Crippen molar-refractivity contribution in [1.82, 2.24) is 9.69 Å². The summed E-state index contributed by atoms with van der Waals surface area (Å²) >= 11 is 0.758. The zero-order valence-electron chi connectivity index (χ0n) is 19.8. The summed E-state index contributed by atoms with van der Waals surface area (Å²) in [6.45, 7) is 9.39. The van der Waals surface area contributed by atoms with Gasteiger partial charge in [0.05, 0.1) is 5.69 Å². The molecule has 5 N–H and O–H groups in total. The van der Waals surface area contributed by atoms with Crippen molar-refractivity contribution >= 4 is 40.6 Å².